The van der Waals surface area contributed by atoms with Crippen molar-refractivity contribution >= 4 is 5.91 Å². The fourth-order valence-corrected chi connectivity index (χ4v) is 2.12. The summed E-state index contributed by atoms with van der Waals surface area (Å²) in [6, 6.07) is 4.52. The van der Waals surface area contributed by atoms with Gasteiger partial charge in [0.2, 0.25) is 0 Å². The van der Waals surface area contributed by atoms with Gasteiger partial charge in [-0.15, -0.1) is 0 Å². The minimum atomic E-state index is -0.806. The minimum absolute atomic E-state index is 0.173. The van der Waals surface area contributed by atoms with E-state index in [1.807, 2.05) is 0 Å². The number of halogens is 1. The summed E-state index contributed by atoms with van der Waals surface area (Å²) >= 11 is 0. The molecule has 0 radical (unpaired) electrons. The summed E-state index contributed by atoms with van der Waals surface area (Å²) in [4.78, 5) is 11.2. The van der Waals surface area contributed by atoms with Crippen molar-refractivity contribution in [1.29, 1.82) is 0 Å². The standard InChI is InChI=1S/C13H17FN2O2/c14-10-5-3-6-11(12(10)13(15)17)18-8-9-4-1-2-7-16-9/h3,5-6,9,16H,1-2,4,7-8H2,(H2,15,17). The molecule has 0 spiro atoms. The van der Waals surface area contributed by atoms with E-state index in [-0.39, 0.29) is 17.4 Å². The number of hydrogen-bond donors (Lipinski definition) is 2. The van der Waals surface area contributed by atoms with E-state index >= 15 is 0 Å². The number of carbonyl (C=O) groups excluding carboxylic acids is 1. The molecule has 1 aliphatic heterocycles. The third-order valence-electron chi connectivity index (χ3n) is 3.07. The highest BCUT2D eigenvalue weighted by atomic mass is 19.1. The lowest BCUT2D eigenvalue weighted by Gasteiger charge is -2.23. The summed E-state index contributed by atoms with van der Waals surface area (Å²) in [6.07, 6.45) is 3.36. The van der Waals surface area contributed by atoms with Crippen molar-refractivity contribution in [2.24, 2.45) is 5.73 Å². The van der Waals surface area contributed by atoms with Crippen LogP contribution in [0.5, 0.6) is 5.75 Å². The second kappa shape index (κ2) is 5.82. The van der Waals surface area contributed by atoms with Crippen LogP contribution in [-0.2, 0) is 0 Å². The summed E-state index contributed by atoms with van der Waals surface area (Å²) < 4.78 is 19.0. The molecule has 1 amide bonds. The van der Waals surface area contributed by atoms with E-state index in [0.29, 0.717) is 6.61 Å². The predicted octanol–water partition coefficient (Wildman–Crippen LogP) is 1.45. The highest BCUT2D eigenvalue weighted by Gasteiger charge is 2.17. The van der Waals surface area contributed by atoms with Crippen LogP contribution in [0.1, 0.15) is 29.6 Å². The average Bonchev–Trinajstić information content (AvgIpc) is 2.37. The molecule has 5 heteroatoms. The van der Waals surface area contributed by atoms with Gasteiger partial charge in [0.15, 0.2) is 0 Å². The van der Waals surface area contributed by atoms with E-state index < -0.39 is 11.7 Å². The normalized spacial score (nSPS) is 19.5. The number of hydrogen-bond acceptors (Lipinski definition) is 3. The summed E-state index contributed by atoms with van der Waals surface area (Å²) in [7, 11) is 0. The lowest BCUT2D eigenvalue weighted by Crippen LogP contribution is -2.38. The molecule has 1 fully saturated rings. The number of piperidine rings is 1. The van der Waals surface area contributed by atoms with E-state index in [1.54, 1.807) is 6.07 Å². The molecule has 1 aliphatic rings. The molecule has 0 aromatic heterocycles. The van der Waals surface area contributed by atoms with Gasteiger partial charge in [-0.2, -0.15) is 0 Å². The van der Waals surface area contributed by atoms with Gasteiger partial charge in [-0.3, -0.25) is 4.79 Å². The zero-order valence-corrected chi connectivity index (χ0v) is 10.1. The molecule has 0 bridgehead atoms. The molecule has 1 aromatic carbocycles. The molecular formula is C13H17FN2O2. The monoisotopic (exact) mass is 252 g/mol. The number of carbonyl (C=O) groups is 1. The number of primary amides is 1. The Hall–Kier alpha value is -1.62. The molecule has 2 rings (SSSR count). The number of nitrogens with one attached hydrogen (secondary N) is 1. The molecule has 0 saturated carbocycles. The van der Waals surface area contributed by atoms with E-state index in [4.69, 9.17) is 10.5 Å². The van der Waals surface area contributed by atoms with E-state index in [2.05, 4.69) is 5.32 Å². The Morgan fingerprint density at radius 2 is 2.33 bits per heavy atom. The number of nitrogens with two attached hydrogens (primary N) is 1. The van der Waals surface area contributed by atoms with Crippen molar-refractivity contribution in [3.05, 3.63) is 29.6 Å². The first-order valence-electron chi connectivity index (χ1n) is 6.13. The van der Waals surface area contributed by atoms with Crippen molar-refractivity contribution in [1.82, 2.24) is 5.32 Å². The van der Waals surface area contributed by atoms with Crippen molar-refractivity contribution < 1.29 is 13.9 Å². The van der Waals surface area contributed by atoms with Gasteiger partial charge < -0.3 is 15.8 Å². The first kappa shape index (κ1) is 12.8. The largest absolute Gasteiger partial charge is 0.491 e. The van der Waals surface area contributed by atoms with Crippen molar-refractivity contribution in [2.75, 3.05) is 13.2 Å². The molecule has 3 N–H and O–H groups in total. The molecule has 0 aliphatic carbocycles. The van der Waals surface area contributed by atoms with Crippen LogP contribution in [0, 0.1) is 5.82 Å². The first-order valence-corrected chi connectivity index (χ1v) is 6.13. The van der Waals surface area contributed by atoms with Gasteiger partial charge in [0.25, 0.3) is 5.91 Å². The first-order chi connectivity index (χ1) is 8.68. The predicted molar refractivity (Wildman–Crippen MR) is 66.1 cm³/mol. The highest BCUT2D eigenvalue weighted by molar-refractivity contribution is 5.95. The van der Waals surface area contributed by atoms with E-state index in [1.165, 1.54) is 18.6 Å². The Morgan fingerprint density at radius 3 is 3.00 bits per heavy atom. The summed E-state index contributed by atoms with van der Waals surface area (Å²) in [5.74, 6) is -1.23. The molecular weight excluding hydrogens is 235 g/mol. The zero-order chi connectivity index (χ0) is 13.0. The molecule has 98 valence electrons. The topological polar surface area (TPSA) is 64.4 Å². The van der Waals surface area contributed by atoms with Crippen molar-refractivity contribution in [2.45, 2.75) is 25.3 Å². The van der Waals surface area contributed by atoms with Gasteiger partial charge >= 0.3 is 0 Å². The second-order valence-electron chi connectivity index (χ2n) is 4.44. The van der Waals surface area contributed by atoms with Gasteiger partial charge in [0.05, 0.1) is 0 Å². The minimum Gasteiger partial charge on any atom is -0.491 e. The van der Waals surface area contributed by atoms with Crippen LogP contribution in [0.15, 0.2) is 18.2 Å². The van der Waals surface area contributed by atoms with Crippen molar-refractivity contribution in [3.8, 4) is 5.75 Å². The molecule has 1 heterocycles. The third-order valence-corrected chi connectivity index (χ3v) is 3.07. The average molecular weight is 252 g/mol. The zero-order valence-electron chi connectivity index (χ0n) is 10.1. The number of ether oxygens (including phenoxy) is 1. The van der Waals surface area contributed by atoms with Crippen LogP contribution >= 0.6 is 0 Å². The summed E-state index contributed by atoms with van der Waals surface area (Å²) in [5.41, 5.74) is 4.98. The maximum atomic E-state index is 13.5. The van der Waals surface area contributed by atoms with Crippen LogP contribution in [0.25, 0.3) is 0 Å². The van der Waals surface area contributed by atoms with Crippen LogP contribution in [-0.4, -0.2) is 25.1 Å². The molecule has 1 saturated heterocycles. The molecule has 1 atom stereocenters. The Kier molecular flexibility index (Phi) is 4.15. The van der Waals surface area contributed by atoms with Crippen LogP contribution < -0.4 is 15.8 Å². The maximum absolute atomic E-state index is 13.5. The van der Waals surface area contributed by atoms with Crippen molar-refractivity contribution in [3.63, 3.8) is 0 Å². The van der Waals surface area contributed by atoms with Gasteiger partial charge in [-0.05, 0) is 31.5 Å². The van der Waals surface area contributed by atoms with Gasteiger partial charge in [-0.1, -0.05) is 12.5 Å². The fraction of sp³-hybridized carbons (Fsp3) is 0.462. The lowest BCUT2D eigenvalue weighted by molar-refractivity contribution is 0.0991. The lowest BCUT2D eigenvalue weighted by atomic mass is 10.1. The fourth-order valence-electron chi connectivity index (χ4n) is 2.12. The van der Waals surface area contributed by atoms with Gasteiger partial charge in [0, 0.05) is 6.04 Å². The molecule has 4 nitrogen and oxygen atoms in total. The van der Waals surface area contributed by atoms with Crippen LogP contribution in [0.4, 0.5) is 4.39 Å². The third kappa shape index (κ3) is 2.98. The number of amides is 1. The maximum Gasteiger partial charge on any atom is 0.255 e. The number of benzene rings is 1. The van der Waals surface area contributed by atoms with Crippen LogP contribution in [0.3, 0.4) is 0 Å². The Balaban J connectivity index is 2.04. The molecule has 1 aromatic rings. The smallest absolute Gasteiger partial charge is 0.255 e. The SMILES string of the molecule is NC(=O)c1c(F)cccc1OCC1CCCCN1. The quantitative estimate of drug-likeness (QED) is 0.852. The summed E-state index contributed by atoms with van der Waals surface area (Å²) in [5, 5.41) is 3.32. The van der Waals surface area contributed by atoms with Gasteiger partial charge in [0.1, 0.15) is 23.7 Å². The molecule has 1 unspecified atom stereocenters. The van der Waals surface area contributed by atoms with E-state index in [0.717, 1.165) is 19.4 Å². The Morgan fingerprint density at radius 1 is 1.50 bits per heavy atom. The Labute approximate surface area is 105 Å². The van der Waals surface area contributed by atoms with E-state index in [9.17, 15) is 9.18 Å². The number of rotatable bonds is 4. The molecule has 18 heavy (non-hydrogen) atoms. The highest BCUT2D eigenvalue weighted by Crippen LogP contribution is 2.21. The Bertz CT molecular complexity index is 431. The second-order valence-corrected chi connectivity index (χ2v) is 4.44. The van der Waals surface area contributed by atoms with Gasteiger partial charge in [-0.25, -0.2) is 4.39 Å². The summed E-state index contributed by atoms with van der Waals surface area (Å²) in [6.45, 7) is 1.39. The van der Waals surface area contributed by atoms with Crippen LogP contribution in [0.2, 0.25) is 0 Å².